The Balaban J connectivity index is 1.57. The summed E-state index contributed by atoms with van der Waals surface area (Å²) in [4.78, 5) is 4.88. The van der Waals surface area contributed by atoms with Gasteiger partial charge in [-0.2, -0.15) is 0 Å². The molecule has 0 aromatic heterocycles. The van der Waals surface area contributed by atoms with Crippen molar-refractivity contribution in [3.8, 4) is 0 Å². The first-order chi connectivity index (χ1) is 12.4. The van der Waals surface area contributed by atoms with Gasteiger partial charge >= 0.3 is 0 Å². The second-order valence-electron chi connectivity index (χ2n) is 6.91. The summed E-state index contributed by atoms with van der Waals surface area (Å²) >= 11 is 0. The van der Waals surface area contributed by atoms with E-state index in [-0.39, 0.29) is 12.3 Å². The zero-order valence-electron chi connectivity index (χ0n) is 14.5. The fourth-order valence-corrected chi connectivity index (χ4v) is 3.69. The third-order valence-electron chi connectivity index (χ3n) is 5.03. The van der Waals surface area contributed by atoms with Gasteiger partial charge in [-0.1, -0.05) is 67.8 Å². The van der Waals surface area contributed by atoms with Gasteiger partial charge in [-0.3, -0.25) is 0 Å². The summed E-state index contributed by atoms with van der Waals surface area (Å²) < 4.78 is 12.5. The van der Waals surface area contributed by atoms with Crippen LogP contribution in [0.3, 0.4) is 0 Å². The Morgan fingerprint density at radius 2 is 1.52 bits per heavy atom. The molecule has 0 spiro atoms. The van der Waals surface area contributed by atoms with Crippen LogP contribution in [0, 0.1) is 0 Å². The average Bonchev–Trinajstić information content (AvgIpc) is 2.70. The molecular weight excluding hydrogens is 310 g/mol. The third kappa shape index (κ3) is 4.10. The highest BCUT2D eigenvalue weighted by Gasteiger charge is 2.30. The van der Waals surface area contributed by atoms with Crippen molar-refractivity contribution in [2.24, 2.45) is 4.99 Å². The highest BCUT2D eigenvalue weighted by molar-refractivity contribution is 5.94. The second-order valence-corrected chi connectivity index (χ2v) is 6.91. The number of hydrogen-bond acceptors (Lipinski definition) is 3. The lowest BCUT2D eigenvalue weighted by Crippen LogP contribution is -2.33. The lowest BCUT2D eigenvalue weighted by Gasteiger charge is -2.33. The van der Waals surface area contributed by atoms with Crippen LogP contribution in [0.5, 0.6) is 0 Å². The zero-order valence-corrected chi connectivity index (χ0v) is 14.5. The summed E-state index contributed by atoms with van der Waals surface area (Å²) in [5, 5.41) is 0. The van der Waals surface area contributed by atoms with Gasteiger partial charge in [-0.15, -0.1) is 0 Å². The van der Waals surface area contributed by atoms with Crippen LogP contribution in [0.2, 0.25) is 0 Å². The van der Waals surface area contributed by atoms with Gasteiger partial charge in [0.1, 0.15) is 0 Å². The first kappa shape index (κ1) is 16.3. The molecule has 1 fully saturated rings. The second kappa shape index (κ2) is 7.83. The number of rotatable bonds is 4. The first-order valence-corrected chi connectivity index (χ1v) is 9.39. The Labute approximate surface area is 149 Å². The molecule has 1 aliphatic heterocycles. The minimum atomic E-state index is -0.221. The van der Waals surface area contributed by atoms with Crippen LogP contribution in [0.4, 0.5) is 0 Å². The SMILES string of the molecule is c1ccc(C2=N[C@@H](c3ccccc3)C[C@H](OC3CCCCC3)O2)cc1. The van der Waals surface area contributed by atoms with E-state index in [1.54, 1.807) is 0 Å². The maximum Gasteiger partial charge on any atom is 0.219 e. The standard InChI is InChI=1S/C22H25NO2/c1-4-10-17(11-5-1)20-16-21(24-19-14-8-3-9-15-19)25-22(23-20)18-12-6-2-7-13-18/h1-2,4-7,10-13,19-21H,3,8-9,14-16H2/t20-,21-/m1/s1. The zero-order chi connectivity index (χ0) is 16.9. The molecule has 4 rings (SSSR count). The molecule has 3 nitrogen and oxygen atoms in total. The molecule has 0 radical (unpaired) electrons. The van der Waals surface area contributed by atoms with Crippen LogP contribution in [0.1, 0.15) is 55.7 Å². The van der Waals surface area contributed by atoms with Crippen molar-refractivity contribution in [1.82, 2.24) is 0 Å². The van der Waals surface area contributed by atoms with Gasteiger partial charge in [0.15, 0.2) is 0 Å². The highest BCUT2D eigenvalue weighted by atomic mass is 16.7. The van der Waals surface area contributed by atoms with Crippen molar-refractivity contribution in [2.75, 3.05) is 0 Å². The molecule has 1 saturated carbocycles. The van der Waals surface area contributed by atoms with Gasteiger partial charge in [-0.25, -0.2) is 4.99 Å². The first-order valence-electron chi connectivity index (χ1n) is 9.39. The molecule has 2 aliphatic rings. The number of benzene rings is 2. The van der Waals surface area contributed by atoms with E-state index in [1.807, 2.05) is 36.4 Å². The quantitative estimate of drug-likeness (QED) is 0.762. The van der Waals surface area contributed by atoms with Crippen LogP contribution >= 0.6 is 0 Å². The molecule has 0 amide bonds. The average molecular weight is 335 g/mol. The Hall–Kier alpha value is -2.13. The number of hydrogen-bond donors (Lipinski definition) is 0. The smallest absolute Gasteiger partial charge is 0.219 e. The van der Waals surface area contributed by atoms with E-state index in [9.17, 15) is 0 Å². The summed E-state index contributed by atoms with van der Waals surface area (Å²) in [5.74, 6) is 0.696. The van der Waals surface area contributed by atoms with Crippen LogP contribution in [0.25, 0.3) is 0 Å². The molecule has 2 aromatic rings. The summed E-state index contributed by atoms with van der Waals surface area (Å²) in [5.41, 5.74) is 2.23. The lowest BCUT2D eigenvalue weighted by atomic mass is 9.97. The molecule has 1 aliphatic carbocycles. The molecule has 0 unspecified atom stereocenters. The Morgan fingerprint density at radius 3 is 2.24 bits per heavy atom. The van der Waals surface area contributed by atoms with E-state index in [0.717, 1.165) is 24.8 Å². The molecule has 2 aromatic carbocycles. The van der Waals surface area contributed by atoms with Gasteiger partial charge in [0.2, 0.25) is 12.2 Å². The van der Waals surface area contributed by atoms with Crippen molar-refractivity contribution in [3.63, 3.8) is 0 Å². The van der Waals surface area contributed by atoms with E-state index < -0.39 is 0 Å². The molecular formula is C22H25NO2. The van der Waals surface area contributed by atoms with E-state index in [0.29, 0.717) is 12.0 Å². The normalized spacial score (nSPS) is 24.4. The minimum Gasteiger partial charge on any atom is -0.448 e. The van der Waals surface area contributed by atoms with Gasteiger partial charge in [-0.05, 0) is 30.5 Å². The maximum absolute atomic E-state index is 6.33. The summed E-state index contributed by atoms with van der Waals surface area (Å²) in [6.45, 7) is 0. The van der Waals surface area contributed by atoms with Crippen molar-refractivity contribution in [2.45, 2.75) is 57.0 Å². The van der Waals surface area contributed by atoms with Crippen molar-refractivity contribution >= 4 is 5.90 Å². The van der Waals surface area contributed by atoms with Crippen molar-refractivity contribution < 1.29 is 9.47 Å². The van der Waals surface area contributed by atoms with Crippen molar-refractivity contribution in [3.05, 3.63) is 71.8 Å². The predicted molar refractivity (Wildman–Crippen MR) is 99.6 cm³/mol. The van der Waals surface area contributed by atoms with Crippen LogP contribution in [-0.4, -0.2) is 18.3 Å². The van der Waals surface area contributed by atoms with Crippen LogP contribution in [0.15, 0.2) is 65.7 Å². The molecule has 1 heterocycles. The predicted octanol–water partition coefficient (Wildman–Crippen LogP) is 5.27. The lowest BCUT2D eigenvalue weighted by molar-refractivity contribution is -0.145. The number of nitrogens with zero attached hydrogens (tertiary/aromatic N) is 1. The van der Waals surface area contributed by atoms with Crippen molar-refractivity contribution in [1.29, 1.82) is 0 Å². The fourth-order valence-electron chi connectivity index (χ4n) is 3.69. The molecule has 0 bridgehead atoms. The number of ether oxygens (including phenoxy) is 2. The number of aliphatic imine (C=N–C) groups is 1. The van der Waals surface area contributed by atoms with Crippen LogP contribution < -0.4 is 0 Å². The van der Waals surface area contributed by atoms with Gasteiger partial charge in [0.25, 0.3) is 0 Å². The molecule has 3 heteroatoms. The molecule has 0 saturated heterocycles. The van der Waals surface area contributed by atoms with Gasteiger partial charge in [0.05, 0.1) is 12.1 Å². The largest absolute Gasteiger partial charge is 0.448 e. The minimum absolute atomic E-state index is 0.0822. The highest BCUT2D eigenvalue weighted by Crippen LogP contribution is 2.32. The molecule has 130 valence electrons. The molecule has 0 N–H and O–H groups in total. The van der Waals surface area contributed by atoms with E-state index in [4.69, 9.17) is 14.5 Å². The van der Waals surface area contributed by atoms with E-state index in [1.165, 1.54) is 24.8 Å². The summed E-state index contributed by atoms with van der Waals surface area (Å²) in [6.07, 6.45) is 7.02. The van der Waals surface area contributed by atoms with E-state index >= 15 is 0 Å². The summed E-state index contributed by atoms with van der Waals surface area (Å²) in [6, 6.07) is 20.7. The Morgan fingerprint density at radius 1 is 0.840 bits per heavy atom. The summed E-state index contributed by atoms with van der Waals surface area (Å²) in [7, 11) is 0. The molecule has 2 atom stereocenters. The topological polar surface area (TPSA) is 30.8 Å². The van der Waals surface area contributed by atoms with E-state index in [2.05, 4.69) is 24.3 Å². The fraction of sp³-hybridized carbons (Fsp3) is 0.409. The van der Waals surface area contributed by atoms with Gasteiger partial charge in [0, 0.05) is 12.0 Å². The third-order valence-corrected chi connectivity index (χ3v) is 5.03. The van der Waals surface area contributed by atoms with Gasteiger partial charge < -0.3 is 9.47 Å². The monoisotopic (exact) mass is 335 g/mol. The maximum atomic E-state index is 6.33. The Kier molecular flexibility index (Phi) is 5.12. The molecule has 25 heavy (non-hydrogen) atoms. The Bertz CT molecular complexity index is 692. The van der Waals surface area contributed by atoms with Crippen LogP contribution in [-0.2, 0) is 9.47 Å².